The first-order chi connectivity index (χ1) is 8.31. The van der Waals surface area contributed by atoms with Gasteiger partial charge in [0, 0.05) is 12.4 Å². The van der Waals surface area contributed by atoms with Gasteiger partial charge in [-0.25, -0.2) is 0 Å². The van der Waals surface area contributed by atoms with Crippen LogP contribution in [0.1, 0.15) is 31.2 Å². The molecule has 0 saturated heterocycles. The van der Waals surface area contributed by atoms with E-state index in [0.717, 1.165) is 23.9 Å². The lowest BCUT2D eigenvalue weighted by Gasteiger charge is -2.23. The number of aromatic nitrogens is 1. The van der Waals surface area contributed by atoms with Gasteiger partial charge in [0.1, 0.15) is 0 Å². The molecule has 0 aliphatic heterocycles. The predicted molar refractivity (Wildman–Crippen MR) is 72.3 cm³/mol. The number of hydrogen-bond donors (Lipinski definition) is 1. The molecule has 0 aromatic carbocycles. The molecule has 1 N–H and O–H groups in total. The Labute approximate surface area is 109 Å². The topological polar surface area (TPSA) is 24.9 Å². The van der Waals surface area contributed by atoms with Crippen LogP contribution in [-0.4, -0.2) is 18.6 Å². The van der Waals surface area contributed by atoms with Crippen molar-refractivity contribution in [2.75, 3.05) is 13.6 Å². The van der Waals surface area contributed by atoms with E-state index in [1.807, 2.05) is 13.2 Å². The van der Waals surface area contributed by atoms with Gasteiger partial charge < -0.3 is 5.32 Å². The summed E-state index contributed by atoms with van der Waals surface area (Å²) in [6.45, 7) is 1.09. The average Bonchev–Trinajstić information content (AvgIpc) is 2.85. The van der Waals surface area contributed by atoms with Crippen LogP contribution in [-0.2, 0) is 6.42 Å². The molecule has 1 aliphatic carbocycles. The summed E-state index contributed by atoms with van der Waals surface area (Å²) in [7, 11) is 2.04. The molecular weight excluding hydrogens is 232 g/mol. The highest BCUT2D eigenvalue weighted by Gasteiger charge is 2.25. The average molecular weight is 253 g/mol. The van der Waals surface area contributed by atoms with Crippen molar-refractivity contribution in [3.8, 4) is 0 Å². The molecule has 1 aliphatic rings. The number of nitrogens with one attached hydrogen (secondary N) is 1. The molecule has 2 nitrogen and oxygen atoms in total. The molecule has 2 rings (SSSR count). The zero-order chi connectivity index (χ0) is 12.1. The Kier molecular flexibility index (Phi) is 4.81. The Bertz CT molecular complexity index is 348. The van der Waals surface area contributed by atoms with Crippen molar-refractivity contribution in [2.24, 2.45) is 11.8 Å². The minimum Gasteiger partial charge on any atom is -0.319 e. The van der Waals surface area contributed by atoms with Crippen LogP contribution in [0.5, 0.6) is 0 Å². The van der Waals surface area contributed by atoms with E-state index in [0.29, 0.717) is 5.92 Å². The van der Waals surface area contributed by atoms with Gasteiger partial charge >= 0.3 is 0 Å². The van der Waals surface area contributed by atoms with Crippen molar-refractivity contribution in [3.05, 3.63) is 29.0 Å². The highest BCUT2D eigenvalue weighted by molar-refractivity contribution is 6.31. The number of rotatable bonds is 5. The second-order valence-corrected chi connectivity index (χ2v) is 5.44. The van der Waals surface area contributed by atoms with Gasteiger partial charge in [0.2, 0.25) is 0 Å². The van der Waals surface area contributed by atoms with Gasteiger partial charge in [-0.3, -0.25) is 4.98 Å². The third-order valence-electron chi connectivity index (χ3n) is 3.87. The lowest BCUT2D eigenvalue weighted by molar-refractivity contribution is 0.328. The van der Waals surface area contributed by atoms with Crippen molar-refractivity contribution >= 4 is 11.6 Å². The monoisotopic (exact) mass is 252 g/mol. The zero-order valence-electron chi connectivity index (χ0n) is 10.5. The molecular formula is C14H21ClN2. The third kappa shape index (κ3) is 3.43. The molecule has 0 amide bonds. The Balaban J connectivity index is 2.04. The van der Waals surface area contributed by atoms with Gasteiger partial charge in [0.05, 0.1) is 5.02 Å². The van der Waals surface area contributed by atoms with Crippen molar-refractivity contribution in [1.29, 1.82) is 0 Å². The molecule has 1 saturated carbocycles. The summed E-state index contributed by atoms with van der Waals surface area (Å²) >= 11 is 6.19. The van der Waals surface area contributed by atoms with Gasteiger partial charge in [-0.1, -0.05) is 37.3 Å². The van der Waals surface area contributed by atoms with Crippen molar-refractivity contribution in [1.82, 2.24) is 10.3 Å². The van der Waals surface area contributed by atoms with E-state index in [9.17, 15) is 0 Å². The zero-order valence-corrected chi connectivity index (χ0v) is 11.2. The van der Waals surface area contributed by atoms with Crippen LogP contribution in [0.15, 0.2) is 18.5 Å². The predicted octanol–water partition coefficient (Wildman–Crippen LogP) is 3.30. The lowest BCUT2D eigenvalue weighted by Crippen LogP contribution is -2.26. The summed E-state index contributed by atoms with van der Waals surface area (Å²) in [6, 6.07) is 2.06. The first-order valence-corrected chi connectivity index (χ1v) is 6.92. The fourth-order valence-electron chi connectivity index (χ4n) is 2.95. The largest absolute Gasteiger partial charge is 0.319 e. The maximum Gasteiger partial charge on any atom is 0.0621 e. The van der Waals surface area contributed by atoms with Gasteiger partial charge in [0.25, 0.3) is 0 Å². The molecule has 94 valence electrons. The summed E-state index contributed by atoms with van der Waals surface area (Å²) in [5.41, 5.74) is 1.24. The first kappa shape index (κ1) is 12.8. The van der Waals surface area contributed by atoms with Crippen LogP contribution in [0.4, 0.5) is 0 Å². The summed E-state index contributed by atoms with van der Waals surface area (Å²) in [5.74, 6) is 1.58. The quantitative estimate of drug-likeness (QED) is 0.870. The van der Waals surface area contributed by atoms with Crippen molar-refractivity contribution in [2.45, 2.75) is 32.1 Å². The van der Waals surface area contributed by atoms with E-state index in [4.69, 9.17) is 11.6 Å². The maximum absolute atomic E-state index is 6.19. The maximum atomic E-state index is 6.19. The number of hydrogen-bond acceptors (Lipinski definition) is 2. The van der Waals surface area contributed by atoms with Gasteiger partial charge in [-0.15, -0.1) is 0 Å². The van der Waals surface area contributed by atoms with Gasteiger partial charge in [-0.2, -0.15) is 0 Å². The molecule has 17 heavy (non-hydrogen) atoms. The number of halogens is 1. The van der Waals surface area contributed by atoms with Gasteiger partial charge in [0.15, 0.2) is 0 Å². The molecule has 3 heteroatoms. The number of nitrogens with zero attached hydrogens (tertiary/aromatic N) is 1. The molecule has 1 heterocycles. The van der Waals surface area contributed by atoms with E-state index in [-0.39, 0.29) is 0 Å². The molecule has 1 atom stereocenters. The van der Waals surface area contributed by atoms with Crippen LogP contribution in [0.25, 0.3) is 0 Å². The fourth-order valence-corrected chi connectivity index (χ4v) is 3.14. The van der Waals surface area contributed by atoms with Crippen molar-refractivity contribution < 1.29 is 0 Å². The van der Waals surface area contributed by atoms with Crippen LogP contribution in [0, 0.1) is 11.8 Å². The van der Waals surface area contributed by atoms with Crippen LogP contribution >= 0.6 is 11.6 Å². The Morgan fingerprint density at radius 1 is 1.47 bits per heavy atom. The minimum atomic E-state index is 0.711. The Hall–Kier alpha value is -0.600. The van der Waals surface area contributed by atoms with Gasteiger partial charge in [-0.05, 0) is 43.5 Å². The Morgan fingerprint density at radius 2 is 2.24 bits per heavy atom. The molecule has 1 fully saturated rings. The summed E-state index contributed by atoms with van der Waals surface area (Å²) in [4.78, 5) is 4.05. The molecule has 0 spiro atoms. The van der Waals surface area contributed by atoms with E-state index in [1.165, 1.54) is 31.2 Å². The second-order valence-electron chi connectivity index (χ2n) is 5.03. The third-order valence-corrected chi connectivity index (χ3v) is 4.21. The minimum absolute atomic E-state index is 0.711. The smallest absolute Gasteiger partial charge is 0.0621 e. The molecule has 0 radical (unpaired) electrons. The summed E-state index contributed by atoms with van der Waals surface area (Å²) < 4.78 is 0. The summed E-state index contributed by atoms with van der Waals surface area (Å²) in [6.07, 6.45) is 10.2. The van der Waals surface area contributed by atoms with E-state index in [1.54, 1.807) is 6.20 Å². The highest BCUT2D eigenvalue weighted by atomic mass is 35.5. The van der Waals surface area contributed by atoms with Crippen molar-refractivity contribution in [3.63, 3.8) is 0 Å². The first-order valence-electron chi connectivity index (χ1n) is 6.54. The lowest BCUT2D eigenvalue weighted by atomic mass is 9.86. The van der Waals surface area contributed by atoms with E-state index < -0.39 is 0 Å². The molecule has 1 aromatic heterocycles. The second kappa shape index (κ2) is 6.36. The SMILES string of the molecule is CNCC(Cc1ccncc1Cl)C1CCCC1. The fraction of sp³-hybridized carbons (Fsp3) is 0.643. The standard InChI is InChI=1S/C14H21ClN2/c1-16-9-13(11-4-2-3-5-11)8-12-6-7-17-10-14(12)15/h6-7,10-11,13,16H,2-5,8-9H2,1H3. The normalized spacial score (nSPS) is 18.5. The molecule has 0 bridgehead atoms. The van der Waals surface area contributed by atoms with Crippen LogP contribution in [0.2, 0.25) is 5.02 Å². The van der Waals surface area contributed by atoms with E-state index >= 15 is 0 Å². The van der Waals surface area contributed by atoms with Crippen LogP contribution < -0.4 is 5.32 Å². The Morgan fingerprint density at radius 3 is 2.88 bits per heavy atom. The molecule has 1 unspecified atom stereocenters. The van der Waals surface area contributed by atoms with Crippen LogP contribution in [0.3, 0.4) is 0 Å². The molecule has 1 aromatic rings. The summed E-state index contributed by atoms with van der Waals surface area (Å²) in [5, 5.41) is 4.14. The van der Waals surface area contributed by atoms with E-state index in [2.05, 4.69) is 16.4 Å². The number of pyridine rings is 1. The highest BCUT2D eigenvalue weighted by Crippen LogP contribution is 2.33.